The molecule has 0 aliphatic rings. The molecular weight excluding hydrogens is 270 g/mol. The van der Waals surface area contributed by atoms with E-state index < -0.39 is 10.9 Å². The van der Waals surface area contributed by atoms with Gasteiger partial charge in [-0.3, -0.25) is 14.9 Å². The normalized spacial score (nSPS) is 10.2. The molecule has 0 unspecified atom stereocenters. The fraction of sp³-hybridized carbons (Fsp3) is 0.188. The Hall–Kier alpha value is -2.69. The topological polar surface area (TPSA) is 69.4 Å². The summed E-state index contributed by atoms with van der Waals surface area (Å²) < 4.78 is 5.35. The zero-order chi connectivity index (χ0) is 15.4. The van der Waals surface area contributed by atoms with Crippen molar-refractivity contribution in [3.63, 3.8) is 0 Å². The molecule has 0 heterocycles. The average molecular weight is 285 g/mol. The highest BCUT2D eigenvalue weighted by molar-refractivity contribution is 5.77. The number of nitro benzene ring substituents is 1. The maximum absolute atomic E-state index is 12.0. The van der Waals surface area contributed by atoms with Crippen LogP contribution in [-0.4, -0.2) is 10.9 Å². The van der Waals surface area contributed by atoms with Gasteiger partial charge in [-0.2, -0.15) is 0 Å². The molecule has 0 aromatic heterocycles. The summed E-state index contributed by atoms with van der Waals surface area (Å²) in [6.45, 7) is 3.70. The van der Waals surface area contributed by atoms with Crippen LogP contribution >= 0.6 is 0 Å². The molecule has 0 saturated carbocycles. The van der Waals surface area contributed by atoms with Crippen LogP contribution in [0.4, 0.5) is 5.69 Å². The van der Waals surface area contributed by atoms with Crippen molar-refractivity contribution < 1.29 is 14.5 Å². The summed E-state index contributed by atoms with van der Waals surface area (Å²) in [4.78, 5) is 22.4. The number of nitro groups is 1. The molecule has 5 nitrogen and oxygen atoms in total. The van der Waals surface area contributed by atoms with Crippen molar-refractivity contribution in [1.29, 1.82) is 0 Å². The molecular formula is C16H15NO4. The Morgan fingerprint density at radius 3 is 2.33 bits per heavy atom. The average Bonchev–Trinajstić information content (AvgIpc) is 2.43. The number of aryl methyl sites for hydroxylation is 2. The van der Waals surface area contributed by atoms with Crippen molar-refractivity contribution >= 4 is 11.7 Å². The van der Waals surface area contributed by atoms with Crippen LogP contribution in [0.3, 0.4) is 0 Å². The lowest BCUT2D eigenvalue weighted by Crippen LogP contribution is -2.13. The molecule has 5 heteroatoms. The SMILES string of the molecule is Cc1cccc(C)c1OC(=O)Cc1ccccc1[N+](=O)[O-]. The summed E-state index contributed by atoms with van der Waals surface area (Å²) in [7, 11) is 0. The van der Waals surface area contributed by atoms with Gasteiger partial charge in [-0.1, -0.05) is 36.4 Å². The Kier molecular flexibility index (Phi) is 4.33. The van der Waals surface area contributed by atoms with Crippen LogP contribution in [0, 0.1) is 24.0 Å². The van der Waals surface area contributed by atoms with E-state index in [4.69, 9.17) is 4.74 Å². The molecule has 2 aromatic rings. The molecule has 0 atom stereocenters. The molecule has 0 fully saturated rings. The van der Waals surface area contributed by atoms with Crippen molar-refractivity contribution in [1.82, 2.24) is 0 Å². The minimum Gasteiger partial charge on any atom is -0.426 e. The number of carbonyl (C=O) groups is 1. The van der Waals surface area contributed by atoms with Crippen LogP contribution in [0.25, 0.3) is 0 Å². The number of carbonyl (C=O) groups excluding carboxylic acids is 1. The Balaban J connectivity index is 2.18. The first-order valence-corrected chi connectivity index (χ1v) is 6.48. The molecule has 2 aromatic carbocycles. The second kappa shape index (κ2) is 6.17. The van der Waals surface area contributed by atoms with E-state index in [2.05, 4.69) is 0 Å². The summed E-state index contributed by atoms with van der Waals surface area (Å²) in [6, 6.07) is 11.7. The van der Waals surface area contributed by atoms with Crippen molar-refractivity contribution in [3.05, 3.63) is 69.3 Å². The van der Waals surface area contributed by atoms with E-state index in [1.165, 1.54) is 6.07 Å². The van der Waals surface area contributed by atoms with Gasteiger partial charge in [0.1, 0.15) is 5.75 Å². The second-order valence-corrected chi connectivity index (χ2v) is 4.76. The van der Waals surface area contributed by atoms with Gasteiger partial charge in [-0.25, -0.2) is 0 Å². The number of hydrogen-bond donors (Lipinski definition) is 0. The molecule has 0 radical (unpaired) electrons. The first kappa shape index (κ1) is 14.7. The van der Waals surface area contributed by atoms with Gasteiger partial charge in [0.2, 0.25) is 0 Å². The predicted octanol–water partition coefficient (Wildman–Crippen LogP) is 3.36. The third kappa shape index (κ3) is 3.45. The lowest BCUT2D eigenvalue weighted by Gasteiger charge is -2.10. The summed E-state index contributed by atoms with van der Waals surface area (Å²) in [5.74, 6) is 0.00258. The third-order valence-corrected chi connectivity index (χ3v) is 3.15. The first-order chi connectivity index (χ1) is 9.99. The van der Waals surface area contributed by atoms with E-state index in [0.717, 1.165) is 11.1 Å². The Morgan fingerprint density at radius 1 is 1.10 bits per heavy atom. The minimum absolute atomic E-state index is 0.0732. The number of hydrogen-bond acceptors (Lipinski definition) is 4. The van der Waals surface area contributed by atoms with E-state index in [9.17, 15) is 14.9 Å². The summed E-state index contributed by atoms with van der Waals surface area (Å²) >= 11 is 0. The maximum Gasteiger partial charge on any atom is 0.315 e. The monoisotopic (exact) mass is 285 g/mol. The third-order valence-electron chi connectivity index (χ3n) is 3.15. The largest absolute Gasteiger partial charge is 0.426 e. The van der Waals surface area contributed by atoms with E-state index in [1.54, 1.807) is 18.2 Å². The van der Waals surface area contributed by atoms with Crippen molar-refractivity contribution in [2.75, 3.05) is 0 Å². The van der Waals surface area contributed by atoms with Crippen LogP contribution in [-0.2, 0) is 11.2 Å². The van der Waals surface area contributed by atoms with Gasteiger partial charge in [0, 0.05) is 11.6 Å². The van der Waals surface area contributed by atoms with Crippen molar-refractivity contribution in [3.8, 4) is 5.75 Å². The molecule has 0 bridgehead atoms. The van der Waals surface area contributed by atoms with Gasteiger partial charge in [0.25, 0.3) is 5.69 Å². The van der Waals surface area contributed by atoms with Crippen molar-refractivity contribution in [2.24, 2.45) is 0 Å². The van der Waals surface area contributed by atoms with Gasteiger partial charge in [0.05, 0.1) is 11.3 Å². The van der Waals surface area contributed by atoms with Crippen molar-refractivity contribution in [2.45, 2.75) is 20.3 Å². The van der Waals surface area contributed by atoms with Gasteiger partial charge in [-0.15, -0.1) is 0 Å². The number of para-hydroxylation sites is 2. The lowest BCUT2D eigenvalue weighted by molar-refractivity contribution is -0.385. The summed E-state index contributed by atoms with van der Waals surface area (Å²) in [6.07, 6.45) is -0.134. The molecule has 0 aliphatic heterocycles. The van der Waals surface area contributed by atoms with Gasteiger partial charge >= 0.3 is 5.97 Å². The second-order valence-electron chi connectivity index (χ2n) is 4.76. The molecule has 0 N–H and O–H groups in total. The summed E-state index contributed by atoms with van der Waals surface area (Å²) in [5.41, 5.74) is 1.98. The highest BCUT2D eigenvalue weighted by Gasteiger charge is 2.17. The molecule has 108 valence electrons. The minimum atomic E-state index is -0.512. The van der Waals surface area contributed by atoms with Crippen LogP contribution in [0.15, 0.2) is 42.5 Å². The van der Waals surface area contributed by atoms with Crippen LogP contribution in [0.5, 0.6) is 5.75 Å². The molecule has 2 rings (SSSR count). The van der Waals surface area contributed by atoms with E-state index in [0.29, 0.717) is 11.3 Å². The smallest absolute Gasteiger partial charge is 0.315 e. The zero-order valence-corrected chi connectivity index (χ0v) is 11.8. The highest BCUT2D eigenvalue weighted by atomic mass is 16.6. The molecule has 0 spiro atoms. The molecule has 0 saturated heterocycles. The Morgan fingerprint density at radius 2 is 1.71 bits per heavy atom. The molecule has 21 heavy (non-hydrogen) atoms. The number of ether oxygens (including phenoxy) is 1. The first-order valence-electron chi connectivity index (χ1n) is 6.48. The zero-order valence-electron chi connectivity index (χ0n) is 11.8. The van der Waals surface area contributed by atoms with E-state index >= 15 is 0 Å². The fourth-order valence-electron chi connectivity index (χ4n) is 2.10. The number of nitrogens with zero attached hydrogens (tertiary/aromatic N) is 1. The van der Waals surface area contributed by atoms with Gasteiger partial charge in [-0.05, 0) is 25.0 Å². The molecule has 0 amide bonds. The van der Waals surface area contributed by atoms with E-state index in [-0.39, 0.29) is 12.1 Å². The van der Waals surface area contributed by atoms with Crippen LogP contribution < -0.4 is 4.74 Å². The van der Waals surface area contributed by atoms with Crippen LogP contribution in [0.1, 0.15) is 16.7 Å². The number of benzene rings is 2. The van der Waals surface area contributed by atoms with Gasteiger partial charge < -0.3 is 4.74 Å². The highest BCUT2D eigenvalue weighted by Crippen LogP contribution is 2.24. The van der Waals surface area contributed by atoms with Crippen LogP contribution in [0.2, 0.25) is 0 Å². The Labute approximate surface area is 122 Å². The maximum atomic E-state index is 12.0. The summed E-state index contributed by atoms with van der Waals surface area (Å²) in [5, 5.41) is 10.9. The van der Waals surface area contributed by atoms with E-state index in [1.807, 2.05) is 32.0 Å². The lowest BCUT2D eigenvalue weighted by atomic mass is 10.1. The number of rotatable bonds is 4. The Bertz CT molecular complexity index is 674. The molecule has 0 aliphatic carbocycles. The van der Waals surface area contributed by atoms with Gasteiger partial charge in [0.15, 0.2) is 0 Å². The fourth-order valence-corrected chi connectivity index (χ4v) is 2.10. The standard InChI is InChI=1S/C16H15NO4/c1-11-6-5-7-12(2)16(11)21-15(18)10-13-8-3-4-9-14(13)17(19)20/h3-9H,10H2,1-2H3. The quantitative estimate of drug-likeness (QED) is 0.374. The predicted molar refractivity (Wildman–Crippen MR) is 78.4 cm³/mol. The number of esters is 1.